The first kappa shape index (κ1) is 19.8. The fourth-order valence-corrected chi connectivity index (χ4v) is 3.41. The quantitative estimate of drug-likeness (QED) is 0.555. The molecule has 2 aromatic rings. The second kappa shape index (κ2) is 9.27. The summed E-state index contributed by atoms with van der Waals surface area (Å²) in [6, 6.07) is 10.1. The maximum Gasteiger partial charge on any atom is 0.293 e. The summed E-state index contributed by atoms with van der Waals surface area (Å²) in [5, 5.41) is 20.8. The summed E-state index contributed by atoms with van der Waals surface area (Å²) in [6.07, 6.45) is 4.10. The zero-order chi connectivity index (χ0) is 19.9. The van der Waals surface area contributed by atoms with Gasteiger partial charge in [-0.2, -0.15) is 0 Å². The normalized spacial score (nSPS) is 13.5. The Morgan fingerprint density at radius 1 is 1.25 bits per heavy atom. The highest BCUT2D eigenvalue weighted by molar-refractivity contribution is 5.95. The summed E-state index contributed by atoms with van der Waals surface area (Å²) in [6.45, 7) is 2.15. The third-order valence-electron chi connectivity index (χ3n) is 4.82. The van der Waals surface area contributed by atoms with Crippen molar-refractivity contribution in [3.05, 3.63) is 64.0 Å². The van der Waals surface area contributed by atoms with Crippen LogP contribution in [0.1, 0.15) is 35.3 Å². The number of nitrogens with zero attached hydrogens (tertiary/aromatic N) is 4. The molecule has 0 radical (unpaired) electrons. The number of aliphatic hydroxyl groups is 1. The number of aliphatic hydroxyl groups excluding tert-OH is 1. The van der Waals surface area contributed by atoms with Crippen LogP contribution in [-0.4, -0.2) is 52.1 Å². The molecule has 1 aromatic heterocycles. The number of rotatable bonds is 8. The Morgan fingerprint density at radius 3 is 2.68 bits per heavy atom. The van der Waals surface area contributed by atoms with Crippen LogP contribution in [0.4, 0.5) is 11.4 Å². The molecular formula is C20H24N4O4. The number of hydrogen-bond donors (Lipinski definition) is 1. The summed E-state index contributed by atoms with van der Waals surface area (Å²) in [5.74, 6) is -0.310. The molecule has 8 nitrogen and oxygen atoms in total. The van der Waals surface area contributed by atoms with Crippen molar-refractivity contribution in [3.63, 3.8) is 0 Å². The maximum atomic E-state index is 13.0. The summed E-state index contributed by atoms with van der Waals surface area (Å²) >= 11 is 0. The minimum absolute atomic E-state index is 0.0416. The second-order valence-corrected chi connectivity index (χ2v) is 6.78. The number of nitro benzene ring substituents is 1. The highest BCUT2D eigenvalue weighted by atomic mass is 16.6. The smallest absolute Gasteiger partial charge is 0.293 e. The Kier molecular flexibility index (Phi) is 6.54. The molecule has 0 spiro atoms. The van der Waals surface area contributed by atoms with Gasteiger partial charge in [-0.1, -0.05) is 6.07 Å². The number of benzene rings is 1. The fraction of sp³-hybridized carbons (Fsp3) is 0.400. The molecule has 1 fully saturated rings. The van der Waals surface area contributed by atoms with E-state index in [0.29, 0.717) is 18.7 Å². The number of anilines is 1. The average Bonchev–Trinajstić information content (AvgIpc) is 3.25. The molecule has 1 saturated heterocycles. The van der Waals surface area contributed by atoms with Crippen molar-refractivity contribution in [2.24, 2.45) is 0 Å². The molecule has 0 saturated carbocycles. The predicted molar refractivity (Wildman–Crippen MR) is 105 cm³/mol. The Hall–Kier alpha value is -3.00. The van der Waals surface area contributed by atoms with Gasteiger partial charge in [-0.05, 0) is 43.5 Å². The molecule has 0 aliphatic carbocycles. The molecule has 1 aliphatic rings. The molecule has 28 heavy (non-hydrogen) atoms. The lowest BCUT2D eigenvalue weighted by molar-refractivity contribution is -0.384. The first-order chi connectivity index (χ1) is 13.6. The number of aromatic nitrogens is 1. The zero-order valence-corrected chi connectivity index (χ0v) is 15.7. The van der Waals surface area contributed by atoms with Gasteiger partial charge in [0.1, 0.15) is 5.69 Å². The minimum Gasteiger partial charge on any atom is -0.396 e. The first-order valence-corrected chi connectivity index (χ1v) is 9.43. The van der Waals surface area contributed by atoms with Crippen molar-refractivity contribution in [2.45, 2.75) is 25.8 Å². The molecule has 1 aromatic carbocycles. The van der Waals surface area contributed by atoms with Crippen molar-refractivity contribution in [2.75, 3.05) is 31.1 Å². The second-order valence-electron chi connectivity index (χ2n) is 6.78. The third kappa shape index (κ3) is 4.64. The third-order valence-corrected chi connectivity index (χ3v) is 4.82. The van der Waals surface area contributed by atoms with Gasteiger partial charge in [-0.15, -0.1) is 0 Å². The largest absolute Gasteiger partial charge is 0.396 e. The van der Waals surface area contributed by atoms with Gasteiger partial charge >= 0.3 is 0 Å². The molecule has 1 aliphatic heterocycles. The lowest BCUT2D eigenvalue weighted by Gasteiger charge is -2.23. The fourth-order valence-electron chi connectivity index (χ4n) is 3.41. The molecular weight excluding hydrogens is 360 g/mol. The van der Waals surface area contributed by atoms with Crippen molar-refractivity contribution in [3.8, 4) is 0 Å². The van der Waals surface area contributed by atoms with E-state index in [1.54, 1.807) is 29.3 Å². The van der Waals surface area contributed by atoms with E-state index in [4.69, 9.17) is 5.11 Å². The van der Waals surface area contributed by atoms with E-state index in [1.807, 2.05) is 17.0 Å². The van der Waals surface area contributed by atoms with E-state index < -0.39 is 4.92 Å². The van der Waals surface area contributed by atoms with Gasteiger partial charge in [-0.25, -0.2) is 0 Å². The molecule has 148 valence electrons. The van der Waals surface area contributed by atoms with Crippen LogP contribution >= 0.6 is 0 Å². The van der Waals surface area contributed by atoms with E-state index in [1.165, 1.54) is 6.07 Å². The standard InChI is InChI=1S/C20H24N4O4/c25-13-5-12-23(15-17-6-1-2-9-21-17)20(26)16-7-8-18(19(14-16)24(27)28)22-10-3-4-11-22/h1-2,6-9,14,25H,3-5,10-13,15H2. The van der Waals surface area contributed by atoms with Crippen molar-refractivity contribution < 1.29 is 14.8 Å². The topological polar surface area (TPSA) is 99.8 Å². The van der Waals surface area contributed by atoms with Crippen LogP contribution < -0.4 is 4.90 Å². The highest BCUT2D eigenvalue weighted by Crippen LogP contribution is 2.32. The molecule has 0 unspecified atom stereocenters. The van der Waals surface area contributed by atoms with Crippen LogP contribution in [0.2, 0.25) is 0 Å². The number of pyridine rings is 1. The Balaban J connectivity index is 1.86. The zero-order valence-electron chi connectivity index (χ0n) is 15.7. The molecule has 0 bridgehead atoms. The lowest BCUT2D eigenvalue weighted by Crippen LogP contribution is -2.32. The summed E-state index contributed by atoms with van der Waals surface area (Å²) < 4.78 is 0. The number of carbonyl (C=O) groups is 1. The van der Waals surface area contributed by atoms with Gasteiger partial charge in [0.15, 0.2) is 0 Å². The number of amides is 1. The van der Waals surface area contributed by atoms with Gasteiger partial charge in [0.05, 0.1) is 17.2 Å². The van der Waals surface area contributed by atoms with Gasteiger partial charge in [0.25, 0.3) is 11.6 Å². The van der Waals surface area contributed by atoms with Crippen LogP contribution in [0.5, 0.6) is 0 Å². The van der Waals surface area contributed by atoms with E-state index in [9.17, 15) is 14.9 Å². The van der Waals surface area contributed by atoms with Gasteiger partial charge in [0, 0.05) is 44.1 Å². The van der Waals surface area contributed by atoms with E-state index in [2.05, 4.69) is 4.98 Å². The van der Waals surface area contributed by atoms with E-state index in [0.717, 1.165) is 31.6 Å². The van der Waals surface area contributed by atoms with Crippen LogP contribution in [0.25, 0.3) is 0 Å². The first-order valence-electron chi connectivity index (χ1n) is 9.43. The molecule has 3 rings (SSSR count). The maximum absolute atomic E-state index is 13.0. The monoisotopic (exact) mass is 384 g/mol. The molecule has 1 amide bonds. The van der Waals surface area contributed by atoms with Gasteiger partial charge < -0.3 is 14.9 Å². The van der Waals surface area contributed by atoms with Crippen LogP contribution in [0.15, 0.2) is 42.6 Å². The molecule has 1 N–H and O–H groups in total. The summed E-state index contributed by atoms with van der Waals surface area (Å²) in [7, 11) is 0. The van der Waals surface area contributed by atoms with Crippen molar-refractivity contribution in [1.29, 1.82) is 0 Å². The van der Waals surface area contributed by atoms with Gasteiger partial charge in [-0.3, -0.25) is 19.9 Å². The number of carbonyl (C=O) groups excluding carboxylic acids is 1. The Bertz CT molecular complexity index is 822. The number of hydrogen-bond acceptors (Lipinski definition) is 6. The Labute approximate surface area is 163 Å². The molecule has 2 heterocycles. The van der Waals surface area contributed by atoms with Crippen LogP contribution in [0, 0.1) is 10.1 Å². The number of nitro groups is 1. The minimum atomic E-state index is -0.429. The highest BCUT2D eigenvalue weighted by Gasteiger charge is 2.25. The van der Waals surface area contributed by atoms with Gasteiger partial charge in [0.2, 0.25) is 0 Å². The molecule has 8 heteroatoms. The van der Waals surface area contributed by atoms with E-state index >= 15 is 0 Å². The predicted octanol–water partition coefficient (Wildman–Crippen LogP) is 2.61. The Morgan fingerprint density at radius 2 is 2.04 bits per heavy atom. The summed E-state index contributed by atoms with van der Waals surface area (Å²) in [4.78, 5) is 32.0. The average molecular weight is 384 g/mol. The van der Waals surface area contributed by atoms with Crippen molar-refractivity contribution in [1.82, 2.24) is 9.88 Å². The SMILES string of the molecule is O=C(c1ccc(N2CCCC2)c([N+](=O)[O-])c1)N(CCCO)Cc1ccccn1. The van der Waals surface area contributed by atoms with Crippen molar-refractivity contribution >= 4 is 17.3 Å². The molecule has 0 atom stereocenters. The summed E-state index contributed by atoms with van der Waals surface area (Å²) in [5.41, 5.74) is 1.50. The van der Waals surface area contributed by atoms with E-state index in [-0.39, 0.29) is 30.3 Å². The van der Waals surface area contributed by atoms with Crippen LogP contribution in [-0.2, 0) is 6.54 Å². The lowest BCUT2D eigenvalue weighted by atomic mass is 10.1. The van der Waals surface area contributed by atoms with Crippen LogP contribution in [0.3, 0.4) is 0 Å².